The molecule has 1 fully saturated rings. The normalized spacial score (nSPS) is 16.9. The molecular formula is C25H38N8O6. The molecule has 4 unspecified atom stereocenters. The van der Waals surface area contributed by atoms with Crippen LogP contribution < -0.4 is 33.6 Å². The van der Waals surface area contributed by atoms with Crippen molar-refractivity contribution >= 4 is 35.6 Å². The van der Waals surface area contributed by atoms with Crippen molar-refractivity contribution in [1.82, 2.24) is 15.5 Å². The second-order valence-electron chi connectivity index (χ2n) is 9.40. The summed E-state index contributed by atoms with van der Waals surface area (Å²) in [5.74, 6) is -3.65. The number of aliphatic carboxylic acids is 1. The first kappa shape index (κ1) is 31.0. The van der Waals surface area contributed by atoms with Crippen LogP contribution in [0.2, 0.25) is 0 Å². The molecule has 214 valence electrons. The van der Waals surface area contributed by atoms with Gasteiger partial charge in [0.25, 0.3) is 0 Å². The van der Waals surface area contributed by atoms with E-state index in [1.54, 1.807) is 24.3 Å². The van der Waals surface area contributed by atoms with Crippen molar-refractivity contribution in [3.05, 3.63) is 35.9 Å². The van der Waals surface area contributed by atoms with Gasteiger partial charge in [0.2, 0.25) is 23.6 Å². The lowest BCUT2D eigenvalue weighted by atomic mass is 10.0. The van der Waals surface area contributed by atoms with E-state index in [1.807, 2.05) is 6.07 Å². The Morgan fingerprint density at radius 2 is 1.72 bits per heavy atom. The lowest BCUT2D eigenvalue weighted by Gasteiger charge is -2.30. The van der Waals surface area contributed by atoms with E-state index in [0.717, 1.165) is 5.56 Å². The van der Waals surface area contributed by atoms with Crippen molar-refractivity contribution in [3.63, 3.8) is 0 Å². The quantitative estimate of drug-likeness (QED) is 0.0723. The first-order valence-corrected chi connectivity index (χ1v) is 12.8. The molecule has 0 radical (unpaired) electrons. The Morgan fingerprint density at radius 3 is 2.33 bits per heavy atom. The third kappa shape index (κ3) is 10.2. The second-order valence-corrected chi connectivity index (χ2v) is 9.40. The molecule has 0 bridgehead atoms. The first-order chi connectivity index (χ1) is 18.5. The van der Waals surface area contributed by atoms with Crippen molar-refractivity contribution < 1.29 is 29.1 Å². The van der Waals surface area contributed by atoms with Crippen LogP contribution in [-0.2, 0) is 30.4 Å². The van der Waals surface area contributed by atoms with Gasteiger partial charge in [-0.2, -0.15) is 0 Å². The molecule has 0 saturated carbocycles. The van der Waals surface area contributed by atoms with Gasteiger partial charge in [-0.1, -0.05) is 30.3 Å². The minimum absolute atomic E-state index is 0.0158. The number of benzene rings is 1. The highest BCUT2D eigenvalue weighted by Crippen LogP contribution is 2.20. The highest BCUT2D eigenvalue weighted by atomic mass is 16.4. The zero-order chi connectivity index (χ0) is 28.9. The fourth-order valence-corrected chi connectivity index (χ4v) is 4.29. The van der Waals surface area contributed by atoms with Gasteiger partial charge >= 0.3 is 5.97 Å². The minimum Gasteiger partial charge on any atom is -0.480 e. The molecule has 2 rings (SSSR count). The third-order valence-corrected chi connectivity index (χ3v) is 6.33. The molecule has 1 aromatic carbocycles. The molecule has 4 atom stereocenters. The van der Waals surface area contributed by atoms with Gasteiger partial charge < -0.3 is 43.6 Å². The summed E-state index contributed by atoms with van der Waals surface area (Å²) in [6.07, 6.45) is 1.34. The lowest BCUT2D eigenvalue weighted by Crippen LogP contribution is -2.57. The van der Waals surface area contributed by atoms with Crippen LogP contribution in [0.5, 0.6) is 0 Å². The molecule has 4 amide bonds. The number of carbonyl (C=O) groups excluding carboxylic acids is 4. The summed E-state index contributed by atoms with van der Waals surface area (Å²) < 4.78 is 0. The van der Waals surface area contributed by atoms with Crippen LogP contribution in [0.15, 0.2) is 35.3 Å². The summed E-state index contributed by atoms with van der Waals surface area (Å²) in [4.78, 5) is 67.4. The molecule has 1 aromatic rings. The maximum absolute atomic E-state index is 13.6. The summed E-state index contributed by atoms with van der Waals surface area (Å²) in [6, 6.07) is 4.81. The van der Waals surface area contributed by atoms with Gasteiger partial charge in [0.15, 0.2) is 5.96 Å². The number of nitrogens with one attached hydrogen (secondary N) is 2. The average Bonchev–Trinajstić information content (AvgIpc) is 3.38. The average molecular weight is 547 g/mol. The van der Waals surface area contributed by atoms with E-state index < -0.39 is 53.8 Å². The number of likely N-dealkylation sites (tertiary alicyclic amines) is 1. The highest BCUT2D eigenvalue weighted by molar-refractivity contribution is 5.94. The number of carboxylic acid groups (broad SMARTS) is 1. The van der Waals surface area contributed by atoms with E-state index in [2.05, 4.69) is 15.6 Å². The Morgan fingerprint density at radius 1 is 1.03 bits per heavy atom. The molecule has 0 spiro atoms. The standard InChI is InChI=1S/C25H38N8O6/c26-16(10-11-20(27)34)21(35)32-18(14-15-6-2-1-3-7-15)23(37)33-13-5-9-19(33)22(36)31-17(24(38)39)8-4-12-30-25(28)29/h1-3,6-7,16-19H,4-5,8-14,26H2,(H2,27,34)(H,31,36)(H,32,35)(H,38,39)(H4,28,29,30). The van der Waals surface area contributed by atoms with Crippen LogP contribution in [0.1, 0.15) is 44.1 Å². The van der Waals surface area contributed by atoms with E-state index in [9.17, 15) is 29.1 Å². The fourth-order valence-electron chi connectivity index (χ4n) is 4.29. The number of aliphatic imine (C=N–C) groups is 1. The van der Waals surface area contributed by atoms with Crippen molar-refractivity contribution in [2.24, 2.45) is 27.9 Å². The number of hydrogen-bond donors (Lipinski definition) is 7. The van der Waals surface area contributed by atoms with Crippen LogP contribution in [0, 0.1) is 0 Å². The molecule has 14 heteroatoms. The smallest absolute Gasteiger partial charge is 0.326 e. The van der Waals surface area contributed by atoms with E-state index in [4.69, 9.17) is 22.9 Å². The SMILES string of the molecule is NC(=O)CCC(N)C(=O)NC(Cc1ccccc1)C(=O)N1CCCC1C(=O)NC(CCCN=C(N)N)C(=O)O. The molecule has 1 aliphatic heterocycles. The topological polar surface area (TPSA) is 249 Å². The minimum atomic E-state index is -1.22. The Kier molecular flexibility index (Phi) is 12.1. The maximum Gasteiger partial charge on any atom is 0.326 e. The molecule has 11 N–H and O–H groups in total. The zero-order valence-corrected chi connectivity index (χ0v) is 21.8. The fraction of sp³-hybridized carbons (Fsp3) is 0.520. The van der Waals surface area contributed by atoms with Crippen LogP contribution in [0.4, 0.5) is 0 Å². The molecule has 0 aromatic heterocycles. The summed E-state index contributed by atoms with van der Waals surface area (Å²) in [7, 11) is 0. The van der Waals surface area contributed by atoms with Gasteiger partial charge in [-0.15, -0.1) is 0 Å². The predicted octanol–water partition coefficient (Wildman–Crippen LogP) is -2.08. The summed E-state index contributed by atoms with van der Waals surface area (Å²) in [6.45, 7) is 0.465. The molecule has 1 aliphatic rings. The number of rotatable bonds is 15. The molecule has 1 saturated heterocycles. The Bertz CT molecular complexity index is 1050. The van der Waals surface area contributed by atoms with Crippen LogP contribution in [0.3, 0.4) is 0 Å². The second kappa shape index (κ2) is 15.3. The monoisotopic (exact) mass is 546 g/mol. The van der Waals surface area contributed by atoms with Crippen LogP contribution in [-0.4, -0.2) is 82.8 Å². The molecule has 1 heterocycles. The summed E-state index contributed by atoms with van der Waals surface area (Å²) in [5, 5.41) is 14.7. The van der Waals surface area contributed by atoms with Gasteiger partial charge in [-0.3, -0.25) is 24.2 Å². The number of carbonyl (C=O) groups is 5. The number of carboxylic acids is 1. The van der Waals surface area contributed by atoms with Crippen molar-refractivity contribution in [1.29, 1.82) is 0 Å². The van der Waals surface area contributed by atoms with Gasteiger partial charge in [-0.05, 0) is 37.7 Å². The number of hydrogen-bond acceptors (Lipinski definition) is 7. The molecule has 0 aliphatic carbocycles. The van der Waals surface area contributed by atoms with Crippen molar-refractivity contribution in [3.8, 4) is 0 Å². The predicted molar refractivity (Wildman–Crippen MR) is 143 cm³/mol. The van der Waals surface area contributed by atoms with E-state index >= 15 is 0 Å². The molecule has 14 nitrogen and oxygen atoms in total. The van der Waals surface area contributed by atoms with Crippen LogP contribution in [0.25, 0.3) is 0 Å². The number of nitrogens with zero attached hydrogens (tertiary/aromatic N) is 2. The summed E-state index contributed by atoms with van der Waals surface area (Å²) >= 11 is 0. The third-order valence-electron chi connectivity index (χ3n) is 6.33. The molecule has 39 heavy (non-hydrogen) atoms. The first-order valence-electron chi connectivity index (χ1n) is 12.8. The Balaban J connectivity index is 2.14. The van der Waals surface area contributed by atoms with Gasteiger partial charge in [-0.25, -0.2) is 4.79 Å². The van der Waals surface area contributed by atoms with Gasteiger partial charge in [0.1, 0.15) is 18.1 Å². The van der Waals surface area contributed by atoms with Crippen LogP contribution >= 0.6 is 0 Å². The molecular weight excluding hydrogens is 508 g/mol. The summed E-state index contributed by atoms with van der Waals surface area (Å²) in [5.41, 5.74) is 22.4. The zero-order valence-electron chi connectivity index (χ0n) is 21.8. The number of nitrogens with two attached hydrogens (primary N) is 4. The Labute approximate surface area is 226 Å². The van der Waals surface area contributed by atoms with E-state index in [0.29, 0.717) is 19.3 Å². The van der Waals surface area contributed by atoms with Crippen molar-refractivity contribution in [2.75, 3.05) is 13.1 Å². The van der Waals surface area contributed by atoms with E-state index in [1.165, 1.54) is 4.90 Å². The Hall–Kier alpha value is -4.20. The number of amides is 4. The van der Waals surface area contributed by atoms with Gasteiger partial charge in [0.05, 0.1) is 6.04 Å². The maximum atomic E-state index is 13.6. The largest absolute Gasteiger partial charge is 0.480 e. The highest BCUT2D eigenvalue weighted by Gasteiger charge is 2.39. The number of guanidine groups is 1. The lowest BCUT2D eigenvalue weighted by molar-refractivity contribution is -0.145. The van der Waals surface area contributed by atoms with Crippen molar-refractivity contribution in [2.45, 2.75) is 69.1 Å². The number of primary amides is 1. The van der Waals surface area contributed by atoms with Gasteiger partial charge in [0, 0.05) is 25.9 Å². The van der Waals surface area contributed by atoms with E-state index in [-0.39, 0.29) is 44.7 Å².